The third kappa shape index (κ3) is 11.4. The number of carbonyl (C=O) groups excluding carboxylic acids is 1. The molecule has 0 aliphatic rings. The normalized spacial score (nSPS) is 10.8. The third-order valence-electron chi connectivity index (χ3n) is 5.89. The van der Waals surface area contributed by atoms with E-state index in [4.69, 9.17) is 9.47 Å². The zero-order chi connectivity index (χ0) is 22.9. The van der Waals surface area contributed by atoms with E-state index in [2.05, 4.69) is 13.8 Å². The largest absolute Gasteiger partial charge is 0.519 e. The van der Waals surface area contributed by atoms with Crippen LogP contribution in [0.5, 0.6) is 11.5 Å². The van der Waals surface area contributed by atoms with Crippen molar-refractivity contribution in [1.82, 2.24) is 0 Å². The lowest BCUT2D eigenvalue weighted by Gasteiger charge is -2.08. The number of benzene rings is 2. The van der Waals surface area contributed by atoms with Gasteiger partial charge in [0.05, 0.1) is 0 Å². The summed E-state index contributed by atoms with van der Waals surface area (Å²) < 4.78 is 10.6. The highest BCUT2D eigenvalue weighted by Crippen LogP contribution is 2.18. The van der Waals surface area contributed by atoms with Crippen molar-refractivity contribution in [2.75, 3.05) is 0 Å². The van der Waals surface area contributed by atoms with Crippen molar-refractivity contribution in [3.05, 3.63) is 59.7 Å². The molecule has 0 aliphatic heterocycles. The van der Waals surface area contributed by atoms with Crippen LogP contribution in [0.15, 0.2) is 48.5 Å². The molecule has 0 saturated heterocycles. The van der Waals surface area contributed by atoms with Crippen LogP contribution in [0.2, 0.25) is 0 Å². The Kier molecular flexibility index (Phi) is 13.3. The Bertz CT molecular complexity index is 734. The standard InChI is InChI=1S/C29H42O3/c1-3-5-7-9-10-11-12-14-16-26-19-23-28(24-20-26)32-29(30)31-27-21-17-25(18-22-27)15-13-8-6-4-2/h17-24H,3-16H2,1-2H3. The summed E-state index contributed by atoms with van der Waals surface area (Å²) in [7, 11) is 0. The van der Waals surface area contributed by atoms with Crippen molar-refractivity contribution in [3.8, 4) is 11.5 Å². The van der Waals surface area contributed by atoms with Gasteiger partial charge in [-0.3, -0.25) is 0 Å². The monoisotopic (exact) mass is 438 g/mol. The molecule has 0 bridgehead atoms. The van der Waals surface area contributed by atoms with Crippen LogP contribution < -0.4 is 9.47 Å². The van der Waals surface area contributed by atoms with E-state index in [9.17, 15) is 4.79 Å². The molecule has 0 fully saturated rings. The molecule has 176 valence electrons. The zero-order valence-corrected chi connectivity index (χ0v) is 20.2. The number of hydrogen-bond acceptors (Lipinski definition) is 3. The molecular formula is C29H42O3. The average Bonchev–Trinajstić information content (AvgIpc) is 2.80. The fraction of sp³-hybridized carbons (Fsp3) is 0.552. The first-order valence-corrected chi connectivity index (χ1v) is 12.8. The van der Waals surface area contributed by atoms with E-state index in [0.717, 1.165) is 12.8 Å². The van der Waals surface area contributed by atoms with Crippen molar-refractivity contribution in [2.45, 2.75) is 104 Å². The molecule has 32 heavy (non-hydrogen) atoms. The number of aryl methyl sites for hydroxylation is 2. The van der Waals surface area contributed by atoms with Gasteiger partial charge in [-0.1, -0.05) is 102 Å². The summed E-state index contributed by atoms with van der Waals surface area (Å²) >= 11 is 0. The first kappa shape index (κ1) is 26.0. The molecule has 3 nitrogen and oxygen atoms in total. The molecule has 0 unspecified atom stereocenters. The van der Waals surface area contributed by atoms with Crippen LogP contribution in [0.3, 0.4) is 0 Å². The smallest absolute Gasteiger partial charge is 0.395 e. The Morgan fingerprint density at radius 1 is 0.531 bits per heavy atom. The molecule has 2 aromatic rings. The second-order valence-corrected chi connectivity index (χ2v) is 8.78. The van der Waals surface area contributed by atoms with Crippen molar-refractivity contribution in [1.29, 1.82) is 0 Å². The molecule has 0 radical (unpaired) electrons. The molecule has 0 atom stereocenters. The number of hydrogen-bond donors (Lipinski definition) is 0. The van der Waals surface area contributed by atoms with E-state index in [-0.39, 0.29) is 0 Å². The van der Waals surface area contributed by atoms with Crippen molar-refractivity contribution in [3.63, 3.8) is 0 Å². The zero-order valence-electron chi connectivity index (χ0n) is 20.2. The van der Waals surface area contributed by atoms with Gasteiger partial charge in [-0.2, -0.15) is 0 Å². The van der Waals surface area contributed by atoms with Crippen LogP contribution in [0.4, 0.5) is 4.79 Å². The van der Waals surface area contributed by atoms with Crippen molar-refractivity contribution < 1.29 is 14.3 Å². The minimum Gasteiger partial charge on any atom is -0.395 e. The van der Waals surface area contributed by atoms with Gasteiger partial charge < -0.3 is 9.47 Å². The van der Waals surface area contributed by atoms with Crippen molar-refractivity contribution >= 4 is 6.16 Å². The molecule has 0 amide bonds. The van der Waals surface area contributed by atoms with E-state index in [1.807, 2.05) is 48.5 Å². The molecule has 2 rings (SSSR count). The second-order valence-electron chi connectivity index (χ2n) is 8.78. The molecule has 0 spiro atoms. The van der Waals surface area contributed by atoms with Crippen LogP contribution in [-0.4, -0.2) is 6.16 Å². The molecule has 0 heterocycles. The van der Waals surface area contributed by atoms with E-state index in [0.29, 0.717) is 11.5 Å². The predicted molar refractivity (Wildman–Crippen MR) is 134 cm³/mol. The van der Waals surface area contributed by atoms with E-state index < -0.39 is 6.16 Å². The highest BCUT2D eigenvalue weighted by molar-refractivity contribution is 5.67. The summed E-state index contributed by atoms with van der Waals surface area (Å²) in [5, 5.41) is 0. The predicted octanol–water partition coefficient (Wildman–Crippen LogP) is 9.07. The van der Waals surface area contributed by atoms with Crippen molar-refractivity contribution in [2.24, 2.45) is 0 Å². The maximum absolute atomic E-state index is 12.1. The number of ether oxygens (including phenoxy) is 2. The Balaban J connectivity index is 1.63. The van der Waals surface area contributed by atoms with Gasteiger partial charge in [-0.05, 0) is 61.1 Å². The molecule has 0 aromatic heterocycles. The summed E-state index contributed by atoms with van der Waals surface area (Å²) in [5.41, 5.74) is 2.56. The fourth-order valence-electron chi connectivity index (χ4n) is 3.88. The lowest BCUT2D eigenvalue weighted by atomic mass is 10.0. The van der Waals surface area contributed by atoms with Crippen LogP contribution in [0, 0.1) is 0 Å². The number of carbonyl (C=O) groups is 1. The minimum atomic E-state index is -0.698. The average molecular weight is 439 g/mol. The first-order chi connectivity index (χ1) is 15.7. The van der Waals surface area contributed by atoms with Crippen LogP contribution in [0.25, 0.3) is 0 Å². The highest BCUT2D eigenvalue weighted by Gasteiger charge is 2.08. The Morgan fingerprint density at radius 2 is 0.875 bits per heavy atom. The van der Waals surface area contributed by atoms with Crippen LogP contribution in [0.1, 0.15) is 102 Å². The quantitative estimate of drug-likeness (QED) is 0.149. The van der Waals surface area contributed by atoms with E-state index >= 15 is 0 Å². The third-order valence-corrected chi connectivity index (χ3v) is 5.89. The SMILES string of the molecule is CCCCCCCCCCc1ccc(OC(=O)Oc2ccc(CCCCCC)cc2)cc1. The maximum atomic E-state index is 12.1. The van der Waals surface area contributed by atoms with E-state index in [1.54, 1.807) is 0 Å². The van der Waals surface area contributed by atoms with Gasteiger partial charge in [-0.15, -0.1) is 0 Å². The molecular weight excluding hydrogens is 396 g/mol. The maximum Gasteiger partial charge on any atom is 0.519 e. The molecule has 0 N–H and O–H groups in total. The Hall–Kier alpha value is -2.29. The highest BCUT2D eigenvalue weighted by atomic mass is 16.7. The van der Waals surface area contributed by atoms with Gasteiger partial charge in [0, 0.05) is 0 Å². The van der Waals surface area contributed by atoms with Crippen LogP contribution in [-0.2, 0) is 12.8 Å². The summed E-state index contributed by atoms with van der Waals surface area (Å²) in [4.78, 5) is 12.1. The Morgan fingerprint density at radius 3 is 1.28 bits per heavy atom. The lowest BCUT2D eigenvalue weighted by Crippen LogP contribution is -2.13. The van der Waals surface area contributed by atoms with Crippen LogP contribution >= 0.6 is 0 Å². The van der Waals surface area contributed by atoms with Gasteiger partial charge in [0.1, 0.15) is 11.5 Å². The number of rotatable bonds is 16. The summed E-state index contributed by atoms with van der Waals surface area (Å²) in [5.74, 6) is 1.03. The first-order valence-electron chi connectivity index (χ1n) is 12.8. The molecule has 3 heteroatoms. The van der Waals surface area contributed by atoms with Gasteiger partial charge in [0.2, 0.25) is 0 Å². The van der Waals surface area contributed by atoms with Gasteiger partial charge in [-0.25, -0.2) is 4.79 Å². The topological polar surface area (TPSA) is 35.5 Å². The lowest BCUT2D eigenvalue weighted by molar-refractivity contribution is 0.152. The molecule has 0 aliphatic carbocycles. The van der Waals surface area contributed by atoms with Gasteiger partial charge in [0.25, 0.3) is 0 Å². The number of unbranched alkanes of at least 4 members (excludes halogenated alkanes) is 10. The molecule has 2 aromatic carbocycles. The summed E-state index contributed by atoms with van der Waals surface area (Å²) in [6, 6.07) is 15.5. The molecule has 0 saturated carbocycles. The second kappa shape index (κ2) is 16.4. The van der Waals surface area contributed by atoms with E-state index in [1.165, 1.54) is 88.2 Å². The summed E-state index contributed by atoms with van der Waals surface area (Å²) in [6.07, 6.45) is 17.1. The summed E-state index contributed by atoms with van der Waals surface area (Å²) in [6.45, 7) is 4.48. The van der Waals surface area contributed by atoms with Gasteiger partial charge in [0.15, 0.2) is 0 Å². The van der Waals surface area contributed by atoms with Gasteiger partial charge >= 0.3 is 6.16 Å². The minimum absolute atomic E-state index is 0.513. The Labute approximate surface area is 195 Å². The fourth-order valence-corrected chi connectivity index (χ4v) is 3.88.